The van der Waals surface area contributed by atoms with Crippen molar-refractivity contribution in [2.45, 2.75) is 6.92 Å². The predicted octanol–water partition coefficient (Wildman–Crippen LogP) is 4.11. The van der Waals surface area contributed by atoms with Crippen molar-refractivity contribution in [3.8, 4) is 11.6 Å². The summed E-state index contributed by atoms with van der Waals surface area (Å²) in [6, 6.07) is 7.79. The summed E-state index contributed by atoms with van der Waals surface area (Å²) in [7, 11) is 1.76. The molecule has 1 aromatic heterocycles. The Morgan fingerprint density at radius 1 is 1.32 bits per heavy atom. The zero-order chi connectivity index (χ0) is 13.7. The van der Waals surface area contributed by atoms with E-state index in [1.807, 2.05) is 43.3 Å². The number of allylic oxidation sites excluding steroid dienone is 1. The number of nitrogens with zero attached hydrogens (tertiary/aromatic N) is 2. The van der Waals surface area contributed by atoms with E-state index in [4.69, 9.17) is 4.74 Å². The van der Waals surface area contributed by atoms with Crippen molar-refractivity contribution in [2.24, 2.45) is 0 Å². The van der Waals surface area contributed by atoms with E-state index in [1.54, 1.807) is 13.2 Å². The number of benzene rings is 1. The molecule has 0 amide bonds. The minimum atomic E-state index is 0.483. The first-order valence-corrected chi connectivity index (χ1v) is 6.63. The first-order valence-electron chi connectivity index (χ1n) is 5.84. The topological polar surface area (TPSA) is 47.0 Å². The van der Waals surface area contributed by atoms with Crippen molar-refractivity contribution in [3.05, 3.63) is 46.6 Å². The van der Waals surface area contributed by atoms with Crippen LogP contribution >= 0.6 is 15.9 Å². The summed E-state index contributed by atoms with van der Waals surface area (Å²) < 4.78 is 6.56. The minimum Gasteiger partial charge on any atom is -0.437 e. The van der Waals surface area contributed by atoms with E-state index < -0.39 is 0 Å². The van der Waals surface area contributed by atoms with Gasteiger partial charge in [0.15, 0.2) is 0 Å². The molecule has 0 radical (unpaired) electrons. The highest BCUT2D eigenvalue weighted by Gasteiger charge is 2.08. The zero-order valence-corrected chi connectivity index (χ0v) is 12.3. The van der Waals surface area contributed by atoms with Gasteiger partial charge in [0, 0.05) is 12.6 Å². The van der Waals surface area contributed by atoms with Gasteiger partial charge < -0.3 is 10.1 Å². The number of nitrogens with one attached hydrogen (secondary N) is 1. The van der Waals surface area contributed by atoms with E-state index in [0.29, 0.717) is 16.3 Å². The Labute approximate surface area is 120 Å². The van der Waals surface area contributed by atoms with Gasteiger partial charge in [0.2, 0.25) is 11.8 Å². The molecule has 4 nitrogen and oxygen atoms in total. The largest absolute Gasteiger partial charge is 0.437 e. The van der Waals surface area contributed by atoms with Crippen molar-refractivity contribution >= 4 is 28.0 Å². The average Bonchev–Trinajstić information content (AvgIpc) is 2.43. The first-order chi connectivity index (χ1) is 9.24. The highest BCUT2D eigenvalue weighted by Crippen LogP contribution is 2.30. The summed E-state index contributed by atoms with van der Waals surface area (Å²) >= 11 is 3.38. The molecule has 1 heterocycles. The normalized spacial score (nSPS) is 10.7. The van der Waals surface area contributed by atoms with E-state index in [0.717, 1.165) is 11.3 Å². The molecule has 19 heavy (non-hydrogen) atoms. The van der Waals surface area contributed by atoms with Crippen molar-refractivity contribution in [1.82, 2.24) is 9.97 Å². The third-order valence-electron chi connectivity index (χ3n) is 2.41. The number of ether oxygens (including phenoxy) is 1. The summed E-state index contributed by atoms with van der Waals surface area (Å²) in [4.78, 5) is 8.37. The number of para-hydroxylation sites is 1. The number of anilines is 1. The summed E-state index contributed by atoms with van der Waals surface area (Å²) in [5, 5.41) is 2.88. The summed E-state index contributed by atoms with van der Waals surface area (Å²) in [6.45, 7) is 1.97. The van der Waals surface area contributed by atoms with Crippen molar-refractivity contribution in [3.63, 3.8) is 0 Å². The van der Waals surface area contributed by atoms with Crippen molar-refractivity contribution in [2.75, 3.05) is 12.4 Å². The fourth-order valence-electron chi connectivity index (χ4n) is 1.54. The number of rotatable bonds is 4. The highest BCUT2D eigenvalue weighted by molar-refractivity contribution is 9.10. The monoisotopic (exact) mass is 319 g/mol. The van der Waals surface area contributed by atoms with Crippen LogP contribution in [0.5, 0.6) is 11.6 Å². The Morgan fingerprint density at radius 2 is 2.11 bits per heavy atom. The third-order valence-corrected chi connectivity index (χ3v) is 2.95. The molecule has 0 bridgehead atoms. The van der Waals surface area contributed by atoms with Gasteiger partial charge in [0.25, 0.3) is 0 Å². The number of halogens is 1. The van der Waals surface area contributed by atoms with Crippen molar-refractivity contribution in [1.29, 1.82) is 0 Å². The van der Waals surface area contributed by atoms with Gasteiger partial charge in [-0.05, 0) is 28.9 Å². The maximum absolute atomic E-state index is 5.85. The quantitative estimate of drug-likeness (QED) is 0.921. The van der Waals surface area contributed by atoms with Gasteiger partial charge in [0.05, 0.1) is 10.7 Å². The first kappa shape index (κ1) is 13.5. The lowest BCUT2D eigenvalue weighted by Crippen LogP contribution is -1.99. The van der Waals surface area contributed by atoms with Crippen LogP contribution in [0.2, 0.25) is 0 Å². The summed E-state index contributed by atoms with van der Waals surface area (Å²) in [5.41, 5.74) is 1.00. The molecule has 0 spiro atoms. The molecule has 0 fully saturated rings. The summed E-state index contributed by atoms with van der Waals surface area (Å²) in [5.74, 6) is 1.75. The lowest BCUT2D eigenvalue weighted by Gasteiger charge is -2.10. The molecule has 0 saturated carbocycles. The van der Waals surface area contributed by atoms with Crippen LogP contribution in [0.15, 0.2) is 41.0 Å². The maximum atomic E-state index is 5.85. The van der Waals surface area contributed by atoms with Gasteiger partial charge in [-0.15, -0.1) is 0 Å². The third kappa shape index (κ3) is 3.32. The van der Waals surface area contributed by atoms with Crippen LogP contribution in [0.4, 0.5) is 5.95 Å². The SMILES string of the molecule is C/C=C/c1ccccc1Oc1nc(NC)ncc1Br. The van der Waals surface area contributed by atoms with Crippen molar-refractivity contribution < 1.29 is 4.74 Å². The van der Waals surface area contributed by atoms with E-state index in [-0.39, 0.29) is 0 Å². The van der Waals surface area contributed by atoms with E-state index in [2.05, 4.69) is 31.2 Å². The van der Waals surface area contributed by atoms with Gasteiger partial charge >= 0.3 is 0 Å². The maximum Gasteiger partial charge on any atom is 0.238 e. The lowest BCUT2D eigenvalue weighted by atomic mass is 10.2. The number of hydrogen-bond donors (Lipinski definition) is 1. The predicted molar refractivity (Wildman–Crippen MR) is 80.5 cm³/mol. The molecule has 98 valence electrons. The molecule has 0 atom stereocenters. The Morgan fingerprint density at radius 3 is 2.84 bits per heavy atom. The standard InChI is InChI=1S/C14H14BrN3O/c1-3-6-10-7-4-5-8-12(10)19-13-11(15)9-17-14(16-2)18-13/h3-9H,1-2H3,(H,16,17,18)/b6-3+. The molecule has 0 unspecified atom stereocenters. The second-order valence-electron chi connectivity index (χ2n) is 3.74. The van der Waals surface area contributed by atoms with Crippen LogP contribution in [0.25, 0.3) is 6.08 Å². The molecule has 1 aromatic carbocycles. The second kappa shape index (κ2) is 6.33. The van der Waals surface area contributed by atoms with Crippen LogP contribution < -0.4 is 10.1 Å². The van der Waals surface area contributed by atoms with Gasteiger partial charge in [0.1, 0.15) is 5.75 Å². The molecule has 2 aromatic rings. The van der Waals surface area contributed by atoms with Crippen LogP contribution in [0.3, 0.4) is 0 Å². The molecule has 0 aliphatic carbocycles. The Balaban J connectivity index is 2.35. The molecule has 2 rings (SSSR count). The van der Waals surface area contributed by atoms with Crippen LogP contribution in [-0.2, 0) is 0 Å². The fourth-order valence-corrected chi connectivity index (χ4v) is 1.81. The van der Waals surface area contributed by atoms with Gasteiger partial charge in [-0.1, -0.05) is 30.4 Å². The van der Waals surface area contributed by atoms with Gasteiger partial charge in [-0.2, -0.15) is 4.98 Å². The Kier molecular flexibility index (Phi) is 4.52. The minimum absolute atomic E-state index is 0.483. The van der Waals surface area contributed by atoms with E-state index in [1.165, 1.54) is 0 Å². The number of aromatic nitrogens is 2. The Hall–Kier alpha value is -1.88. The van der Waals surface area contributed by atoms with Gasteiger partial charge in [-0.3, -0.25) is 0 Å². The molecule has 0 aliphatic rings. The van der Waals surface area contributed by atoms with Crippen LogP contribution in [-0.4, -0.2) is 17.0 Å². The highest BCUT2D eigenvalue weighted by atomic mass is 79.9. The van der Waals surface area contributed by atoms with Crippen LogP contribution in [0.1, 0.15) is 12.5 Å². The molecular weight excluding hydrogens is 306 g/mol. The lowest BCUT2D eigenvalue weighted by molar-refractivity contribution is 0.458. The van der Waals surface area contributed by atoms with E-state index in [9.17, 15) is 0 Å². The van der Waals surface area contributed by atoms with E-state index >= 15 is 0 Å². The molecule has 1 N–H and O–H groups in total. The smallest absolute Gasteiger partial charge is 0.238 e. The zero-order valence-electron chi connectivity index (χ0n) is 10.7. The number of hydrogen-bond acceptors (Lipinski definition) is 4. The molecular formula is C14H14BrN3O. The van der Waals surface area contributed by atoms with Crippen LogP contribution in [0, 0.1) is 0 Å². The molecule has 5 heteroatoms. The summed E-state index contributed by atoms with van der Waals surface area (Å²) in [6.07, 6.45) is 5.62. The van der Waals surface area contributed by atoms with Gasteiger partial charge in [-0.25, -0.2) is 4.98 Å². The average molecular weight is 320 g/mol. The molecule has 0 aliphatic heterocycles. The fraction of sp³-hybridized carbons (Fsp3) is 0.143. The second-order valence-corrected chi connectivity index (χ2v) is 4.59. The molecule has 0 saturated heterocycles. The Bertz CT molecular complexity index is 599.